The van der Waals surface area contributed by atoms with Gasteiger partial charge in [0.25, 0.3) is 0 Å². The zero-order valence-corrected chi connectivity index (χ0v) is 13.6. The van der Waals surface area contributed by atoms with Crippen LogP contribution in [0.4, 0.5) is 4.39 Å². The summed E-state index contributed by atoms with van der Waals surface area (Å²) in [6, 6.07) is 6.02. The van der Waals surface area contributed by atoms with Crippen molar-refractivity contribution in [2.75, 3.05) is 18.8 Å². The maximum atomic E-state index is 12.9. The molecule has 1 aromatic rings. The van der Waals surface area contributed by atoms with E-state index >= 15 is 0 Å². The molecule has 6 heteroatoms. The second-order valence-electron chi connectivity index (χ2n) is 5.09. The number of carbonyl (C=O) groups excluding carboxylic acids is 1. The zero-order valence-electron chi connectivity index (χ0n) is 12.0. The van der Waals surface area contributed by atoms with Crippen molar-refractivity contribution in [2.24, 2.45) is 0 Å². The Labute approximate surface area is 134 Å². The molecule has 114 valence electrons. The van der Waals surface area contributed by atoms with E-state index in [1.165, 1.54) is 36.7 Å². The monoisotopic (exact) mass is 326 g/mol. The van der Waals surface area contributed by atoms with Gasteiger partial charge in [-0.3, -0.25) is 4.79 Å². The van der Waals surface area contributed by atoms with Crippen LogP contribution >= 0.6 is 24.0 Å². The normalized spacial score (nSPS) is 15.8. The predicted octanol–water partition coefficient (Wildman–Crippen LogP) is 3.12. The van der Waals surface area contributed by atoms with E-state index in [4.69, 9.17) is 12.2 Å². The van der Waals surface area contributed by atoms with Crippen molar-refractivity contribution in [3.05, 3.63) is 35.6 Å². The van der Waals surface area contributed by atoms with Crippen molar-refractivity contribution in [3.63, 3.8) is 0 Å². The van der Waals surface area contributed by atoms with Crippen LogP contribution in [0.15, 0.2) is 24.3 Å². The molecule has 3 nitrogen and oxygen atoms in total. The lowest BCUT2D eigenvalue weighted by Gasteiger charge is -2.18. The number of amides is 1. The quantitative estimate of drug-likeness (QED) is 0.862. The molecule has 1 aliphatic heterocycles. The molecule has 0 spiro atoms. The van der Waals surface area contributed by atoms with E-state index in [2.05, 4.69) is 10.2 Å². The molecule has 1 heterocycles. The van der Waals surface area contributed by atoms with Crippen LogP contribution in [-0.2, 0) is 4.79 Å². The lowest BCUT2D eigenvalue weighted by Crippen LogP contribution is -2.30. The first kappa shape index (κ1) is 16.2. The number of thiocarbonyl (C=S) groups is 1. The number of halogens is 1. The van der Waals surface area contributed by atoms with E-state index in [0.717, 1.165) is 23.0 Å². The number of nitrogens with one attached hydrogen (secondary N) is 1. The molecule has 1 aliphatic rings. The Kier molecular flexibility index (Phi) is 5.99. The van der Waals surface area contributed by atoms with Crippen LogP contribution in [-0.4, -0.2) is 34.0 Å². The zero-order chi connectivity index (χ0) is 15.2. The standard InChI is InChI=1S/C15H19FN2OS2/c1-11(12-4-6-13(16)7-5-12)17-14(19)10-21-15(20)18-8-2-3-9-18/h4-7,11H,2-3,8-10H2,1H3,(H,17,19). The van der Waals surface area contributed by atoms with Crippen LogP contribution in [0, 0.1) is 5.82 Å². The second-order valence-corrected chi connectivity index (χ2v) is 6.70. The Balaban J connectivity index is 1.75. The molecule has 1 N–H and O–H groups in total. The Hall–Kier alpha value is -1.14. The van der Waals surface area contributed by atoms with Crippen LogP contribution in [0.3, 0.4) is 0 Å². The minimum absolute atomic E-state index is 0.0571. The van der Waals surface area contributed by atoms with Gasteiger partial charge in [-0.25, -0.2) is 4.39 Å². The van der Waals surface area contributed by atoms with Gasteiger partial charge in [-0.15, -0.1) is 0 Å². The van der Waals surface area contributed by atoms with E-state index in [9.17, 15) is 9.18 Å². The van der Waals surface area contributed by atoms with Gasteiger partial charge in [0.2, 0.25) is 5.91 Å². The summed E-state index contributed by atoms with van der Waals surface area (Å²) < 4.78 is 13.7. The Bertz CT molecular complexity index is 501. The molecule has 0 saturated carbocycles. The maximum absolute atomic E-state index is 12.9. The van der Waals surface area contributed by atoms with Crippen LogP contribution in [0.2, 0.25) is 0 Å². The highest BCUT2D eigenvalue weighted by Gasteiger charge is 2.17. The third-order valence-corrected chi connectivity index (χ3v) is 4.96. The number of benzene rings is 1. The number of hydrogen-bond acceptors (Lipinski definition) is 3. The van der Waals surface area contributed by atoms with Gasteiger partial charge < -0.3 is 10.2 Å². The largest absolute Gasteiger partial charge is 0.358 e. The van der Waals surface area contributed by atoms with Crippen LogP contribution in [0.5, 0.6) is 0 Å². The molecule has 0 aliphatic carbocycles. The summed E-state index contributed by atoms with van der Waals surface area (Å²) in [7, 11) is 0. The van der Waals surface area contributed by atoms with Crippen molar-refractivity contribution in [1.29, 1.82) is 0 Å². The molecule has 1 fully saturated rings. The Morgan fingerprint density at radius 2 is 2.00 bits per heavy atom. The number of hydrogen-bond donors (Lipinski definition) is 1. The lowest BCUT2D eigenvalue weighted by atomic mass is 10.1. The summed E-state index contributed by atoms with van der Waals surface area (Å²) in [5.74, 6) is -0.0110. The fourth-order valence-corrected chi connectivity index (χ4v) is 3.30. The topological polar surface area (TPSA) is 32.3 Å². The summed E-state index contributed by atoms with van der Waals surface area (Å²) in [6.07, 6.45) is 2.35. The van der Waals surface area contributed by atoms with Crippen LogP contribution in [0.25, 0.3) is 0 Å². The van der Waals surface area contributed by atoms with Gasteiger partial charge in [-0.05, 0) is 37.5 Å². The van der Waals surface area contributed by atoms with E-state index < -0.39 is 0 Å². The molecule has 1 amide bonds. The molecule has 1 unspecified atom stereocenters. The van der Waals surface area contributed by atoms with Gasteiger partial charge >= 0.3 is 0 Å². The Morgan fingerprint density at radius 1 is 1.38 bits per heavy atom. The number of likely N-dealkylation sites (tertiary alicyclic amines) is 1. The summed E-state index contributed by atoms with van der Waals surface area (Å²) in [5, 5.41) is 2.90. The number of rotatable bonds is 4. The third-order valence-electron chi connectivity index (χ3n) is 3.44. The van der Waals surface area contributed by atoms with Gasteiger partial charge in [-0.2, -0.15) is 0 Å². The number of nitrogens with zero attached hydrogens (tertiary/aromatic N) is 1. The number of carbonyl (C=O) groups is 1. The van der Waals surface area contributed by atoms with Crippen molar-refractivity contribution in [2.45, 2.75) is 25.8 Å². The average Bonchev–Trinajstić information content (AvgIpc) is 2.99. The molecule has 1 saturated heterocycles. The molecule has 21 heavy (non-hydrogen) atoms. The van der Waals surface area contributed by atoms with Gasteiger partial charge in [0.15, 0.2) is 0 Å². The van der Waals surface area contributed by atoms with E-state index in [1.807, 2.05) is 6.92 Å². The average molecular weight is 326 g/mol. The summed E-state index contributed by atoms with van der Waals surface area (Å²) >= 11 is 6.73. The summed E-state index contributed by atoms with van der Waals surface area (Å²) in [5.41, 5.74) is 0.886. The van der Waals surface area contributed by atoms with Crippen LogP contribution in [0.1, 0.15) is 31.4 Å². The fourth-order valence-electron chi connectivity index (χ4n) is 2.24. The molecule has 0 aromatic heterocycles. The van der Waals surface area contributed by atoms with Gasteiger partial charge in [-0.1, -0.05) is 36.1 Å². The molecule has 0 radical (unpaired) electrons. The van der Waals surface area contributed by atoms with Crippen molar-refractivity contribution < 1.29 is 9.18 Å². The molecule has 0 bridgehead atoms. The Morgan fingerprint density at radius 3 is 2.62 bits per heavy atom. The fraction of sp³-hybridized carbons (Fsp3) is 0.467. The minimum Gasteiger partial charge on any atom is -0.358 e. The van der Waals surface area contributed by atoms with Crippen molar-refractivity contribution in [3.8, 4) is 0 Å². The van der Waals surface area contributed by atoms with E-state index in [0.29, 0.717) is 5.75 Å². The minimum atomic E-state index is -0.274. The summed E-state index contributed by atoms with van der Waals surface area (Å²) in [6.45, 7) is 3.88. The molecule has 1 atom stereocenters. The molecule has 2 rings (SSSR count). The predicted molar refractivity (Wildman–Crippen MR) is 88.8 cm³/mol. The third kappa shape index (κ3) is 4.97. The smallest absolute Gasteiger partial charge is 0.230 e. The first-order valence-electron chi connectivity index (χ1n) is 7.03. The highest BCUT2D eigenvalue weighted by molar-refractivity contribution is 8.23. The first-order valence-corrected chi connectivity index (χ1v) is 8.42. The highest BCUT2D eigenvalue weighted by atomic mass is 32.2. The van der Waals surface area contributed by atoms with E-state index in [1.54, 1.807) is 12.1 Å². The molecular formula is C15H19FN2OS2. The maximum Gasteiger partial charge on any atom is 0.230 e. The lowest BCUT2D eigenvalue weighted by molar-refractivity contribution is -0.119. The van der Waals surface area contributed by atoms with Crippen molar-refractivity contribution >= 4 is 34.2 Å². The van der Waals surface area contributed by atoms with E-state index in [-0.39, 0.29) is 17.8 Å². The summed E-state index contributed by atoms with van der Waals surface area (Å²) in [4.78, 5) is 14.1. The first-order chi connectivity index (χ1) is 10.1. The van der Waals surface area contributed by atoms with Gasteiger partial charge in [0, 0.05) is 13.1 Å². The van der Waals surface area contributed by atoms with Gasteiger partial charge in [0.05, 0.1) is 11.8 Å². The van der Waals surface area contributed by atoms with Crippen molar-refractivity contribution in [1.82, 2.24) is 10.2 Å². The second kappa shape index (κ2) is 7.75. The highest BCUT2D eigenvalue weighted by Crippen LogP contribution is 2.17. The van der Waals surface area contributed by atoms with Crippen LogP contribution < -0.4 is 5.32 Å². The molecule has 1 aromatic carbocycles. The molecular weight excluding hydrogens is 307 g/mol. The SMILES string of the molecule is CC(NC(=O)CSC(=S)N1CCCC1)c1ccc(F)cc1. The number of thioether (sulfide) groups is 1. The van der Waals surface area contributed by atoms with Gasteiger partial charge in [0.1, 0.15) is 10.1 Å².